The molecule has 30 heavy (non-hydrogen) atoms. The summed E-state index contributed by atoms with van der Waals surface area (Å²) < 4.78 is 43.4. The van der Waals surface area contributed by atoms with Gasteiger partial charge >= 0.3 is 12.1 Å². The van der Waals surface area contributed by atoms with Gasteiger partial charge in [0.15, 0.2) is 0 Å². The molecule has 2 aromatic rings. The summed E-state index contributed by atoms with van der Waals surface area (Å²) in [6.07, 6.45) is -4.40. The number of alkyl halides is 3. The first-order valence-corrected chi connectivity index (χ1v) is 9.45. The molecule has 0 saturated carbocycles. The number of halogens is 3. The summed E-state index contributed by atoms with van der Waals surface area (Å²) in [6.45, 7) is 2.49. The smallest absolute Gasteiger partial charge is 0.416 e. The highest BCUT2D eigenvalue weighted by Crippen LogP contribution is 2.29. The summed E-state index contributed by atoms with van der Waals surface area (Å²) in [5, 5.41) is 0. The summed E-state index contributed by atoms with van der Waals surface area (Å²) in [5.74, 6) is -0.568. The van der Waals surface area contributed by atoms with Gasteiger partial charge in [-0.3, -0.25) is 14.5 Å². The highest BCUT2D eigenvalue weighted by molar-refractivity contribution is 5.94. The van der Waals surface area contributed by atoms with E-state index >= 15 is 0 Å². The van der Waals surface area contributed by atoms with Crippen LogP contribution in [0.4, 0.5) is 13.2 Å². The number of ether oxygens (including phenoxy) is 1. The molecule has 0 aromatic heterocycles. The minimum absolute atomic E-state index is 0.0271. The van der Waals surface area contributed by atoms with Gasteiger partial charge in [0.2, 0.25) is 0 Å². The van der Waals surface area contributed by atoms with Crippen molar-refractivity contribution in [2.24, 2.45) is 0 Å². The van der Waals surface area contributed by atoms with Crippen molar-refractivity contribution in [3.05, 3.63) is 70.8 Å². The van der Waals surface area contributed by atoms with Crippen LogP contribution >= 0.6 is 0 Å². The van der Waals surface area contributed by atoms with Crippen LogP contribution in [0.25, 0.3) is 0 Å². The molecule has 162 valence electrons. The van der Waals surface area contributed by atoms with Gasteiger partial charge < -0.3 is 9.64 Å². The van der Waals surface area contributed by atoms with Crippen LogP contribution < -0.4 is 0 Å². The predicted molar refractivity (Wildman–Crippen MR) is 107 cm³/mol. The average Bonchev–Trinajstić information content (AvgIpc) is 2.67. The van der Waals surface area contributed by atoms with E-state index in [1.165, 1.54) is 17.0 Å². The monoisotopic (exact) mass is 422 g/mol. The highest BCUT2D eigenvalue weighted by Gasteiger charge is 2.30. The maximum atomic E-state index is 12.8. The Morgan fingerprint density at radius 3 is 2.17 bits per heavy atom. The summed E-state index contributed by atoms with van der Waals surface area (Å²) in [7, 11) is 3.32. The Labute approximate surface area is 174 Å². The number of amides is 1. The maximum absolute atomic E-state index is 12.8. The minimum atomic E-state index is -4.40. The lowest BCUT2D eigenvalue weighted by Crippen LogP contribution is -2.30. The van der Waals surface area contributed by atoms with E-state index in [4.69, 9.17) is 4.74 Å². The molecule has 5 nitrogen and oxygen atoms in total. The van der Waals surface area contributed by atoms with Gasteiger partial charge in [-0.2, -0.15) is 13.2 Å². The third-order valence-corrected chi connectivity index (χ3v) is 4.33. The standard InChI is InChI=1S/C22H25F3N2O3/c1-4-30-20(28)15-27(13-16-8-10-19(11-9-16)22(23,24)25)14-17-6-5-7-18(12-17)21(29)26(2)3/h5-12H,4,13-15H2,1-3H3. The molecule has 0 atom stereocenters. The molecule has 0 aliphatic heterocycles. The fraction of sp³-hybridized carbons (Fsp3) is 0.364. The summed E-state index contributed by atoms with van der Waals surface area (Å²) in [5.41, 5.74) is 1.23. The van der Waals surface area contributed by atoms with Crippen LogP contribution in [0, 0.1) is 0 Å². The first-order chi connectivity index (χ1) is 14.1. The van der Waals surface area contributed by atoms with Crippen LogP contribution in [0.1, 0.15) is 34.0 Å². The fourth-order valence-electron chi connectivity index (χ4n) is 2.93. The number of nitrogens with zero attached hydrogens (tertiary/aromatic N) is 2. The molecule has 0 N–H and O–H groups in total. The molecule has 0 heterocycles. The van der Waals surface area contributed by atoms with E-state index in [0.29, 0.717) is 17.7 Å². The summed E-state index contributed by atoms with van der Waals surface area (Å²) in [6, 6.07) is 11.9. The number of carbonyl (C=O) groups excluding carboxylic acids is 2. The van der Waals surface area contributed by atoms with E-state index in [1.54, 1.807) is 44.1 Å². The zero-order valence-electron chi connectivity index (χ0n) is 17.2. The van der Waals surface area contributed by atoms with Gasteiger partial charge in [0.1, 0.15) is 0 Å². The number of rotatable bonds is 8. The Morgan fingerprint density at radius 2 is 1.60 bits per heavy atom. The minimum Gasteiger partial charge on any atom is -0.465 e. The SMILES string of the molecule is CCOC(=O)CN(Cc1ccc(C(F)(F)F)cc1)Cc1cccc(C(=O)N(C)C)c1. The number of hydrogen-bond acceptors (Lipinski definition) is 4. The third-order valence-electron chi connectivity index (χ3n) is 4.33. The lowest BCUT2D eigenvalue weighted by atomic mass is 10.1. The van der Waals surface area contributed by atoms with Gasteiger partial charge in [-0.25, -0.2) is 0 Å². The predicted octanol–water partition coefficient (Wildman–Crippen LogP) is 3.97. The average molecular weight is 422 g/mol. The molecule has 8 heteroatoms. The lowest BCUT2D eigenvalue weighted by Gasteiger charge is -2.22. The lowest BCUT2D eigenvalue weighted by molar-refractivity contribution is -0.144. The normalized spacial score (nSPS) is 11.4. The zero-order valence-corrected chi connectivity index (χ0v) is 17.2. The largest absolute Gasteiger partial charge is 0.465 e. The number of benzene rings is 2. The Kier molecular flexibility index (Phi) is 8.00. The number of esters is 1. The molecule has 2 rings (SSSR count). The second-order valence-electron chi connectivity index (χ2n) is 7.04. The molecular formula is C22H25F3N2O3. The van der Waals surface area contributed by atoms with Crippen molar-refractivity contribution in [2.45, 2.75) is 26.2 Å². The van der Waals surface area contributed by atoms with Crippen molar-refractivity contribution in [1.29, 1.82) is 0 Å². The maximum Gasteiger partial charge on any atom is 0.416 e. The van der Waals surface area contributed by atoms with Gasteiger partial charge in [-0.05, 0) is 42.3 Å². The molecule has 0 fully saturated rings. The summed E-state index contributed by atoms with van der Waals surface area (Å²) >= 11 is 0. The molecule has 0 aliphatic carbocycles. The Morgan fingerprint density at radius 1 is 0.967 bits per heavy atom. The van der Waals surface area contributed by atoms with Gasteiger partial charge in [-0.1, -0.05) is 24.3 Å². The van der Waals surface area contributed by atoms with Crippen LogP contribution in [0.2, 0.25) is 0 Å². The first kappa shape index (κ1) is 23.4. The van der Waals surface area contributed by atoms with Crippen LogP contribution in [-0.2, 0) is 28.8 Å². The second-order valence-corrected chi connectivity index (χ2v) is 7.04. The van der Waals surface area contributed by atoms with E-state index in [-0.39, 0.29) is 25.6 Å². The van der Waals surface area contributed by atoms with Gasteiger partial charge in [0.25, 0.3) is 5.91 Å². The third kappa shape index (κ3) is 6.88. The van der Waals surface area contributed by atoms with Crippen molar-refractivity contribution in [3.8, 4) is 0 Å². The molecule has 0 radical (unpaired) electrons. The fourth-order valence-corrected chi connectivity index (χ4v) is 2.93. The molecule has 0 unspecified atom stereocenters. The van der Waals surface area contributed by atoms with E-state index in [2.05, 4.69) is 0 Å². The van der Waals surface area contributed by atoms with E-state index in [1.807, 2.05) is 6.07 Å². The molecular weight excluding hydrogens is 397 g/mol. The second kappa shape index (κ2) is 10.2. The van der Waals surface area contributed by atoms with Crippen molar-refractivity contribution in [3.63, 3.8) is 0 Å². The quantitative estimate of drug-likeness (QED) is 0.604. The van der Waals surface area contributed by atoms with Crippen molar-refractivity contribution < 1.29 is 27.5 Å². The van der Waals surface area contributed by atoms with Crippen LogP contribution in [0.5, 0.6) is 0 Å². The Hall–Kier alpha value is -2.87. The van der Waals surface area contributed by atoms with Crippen LogP contribution in [0.15, 0.2) is 48.5 Å². The van der Waals surface area contributed by atoms with E-state index < -0.39 is 17.7 Å². The highest BCUT2D eigenvalue weighted by atomic mass is 19.4. The molecule has 0 spiro atoms. The summed E-state index contributed by atoms with van der Waals surface area (Å²) in [4.78, 5) is 27.4. The number of hydrogen-bond donors (Lipinski definition) is 0. The van der Waals surface area contributed by atoms with E-state index in [9.17, 15) is 22.8 Å². The van der Waals surface area contributed by atoms with Gasteiger partial charge in [-0.15, -0.1) is 0 Å². The molecule has 2 aromatic carbocycles. The Balaban J connectivity index is 2.20. The van der Waals surface area contributed by atoms with Crippen molar-refractivity contribution in [1.82, 2.24) is 9.80 Å². The number of carbonyl (C=O) groups is 2. The van der Waals surface area contributed by atoms with Crippen molar-refractivity contribution >= 4 is 11.9 Å². The van der Waals surface area contributed by atoms with Crippen molar-refractivity contribution in [2.75, 3.05) is 27.2 Å². The zero-order chi connectivity index (χ0) is 22.3. The van der Waals surface area contributed by atoms with Crippen LogP contribution in [-0.4, -0.2) is 48.9 Å². The molecule has 0 bridgehead atoms. The van der Waals surface area contributed by atoms with Gasteiger partial charge in [0.05, 0.1) is 18.7 Å². The van der Waals surface area contributed by atoms with Crippen LogP contribution in [0.3, 0.4) is 0 Å². The van der Waals surface area contributed by atoms with Gasteiger partial charge in [0, 0.05) is 32.7 Å². The molecule has 0 saturated heterocycles. The Bertz CT molecular complexity index is 865. The molecule has 0 aliphatic rings. The first-order valence-electron chi connectivity index (χ1n) is 9.45. The molecule has 1 amide bonds. The topological polar surface area (TPSA) is 49.9 Å². The van der Waals surface area contributed by atoms with E-state index in [0.717, 1.165) is 17.7 Å².